The number of fused-ring (bicyclic) bond motifs is 1. The molecule has 1 heteroatoms. The first-order chi connectivity index (χ1) is 10.3. The zero-order valence-electron chi connectivity index (χ0n) is 13.1. The molecule has 2 aromatic carbocycles. The molecule has 0 saturated heterocycles. The van der Waals surface area contributed by atoms with Crippen molar-refractivity contribution in [3.8, 4) is 0 Å². The molecule has 0 aromatic heterocycles. The highest BCUT2D eigenvalue weighted by Crippen LogP contribution is 2.34. The van der Waals surface area contributed by atoms with Crippen molar-refractivity contribution in [1.82, 2.24) is 5.32 Å². The van der Waals surface area contributed by atoms with E-state index >= 15 is 0 Å². The third-order valence-corrected chi connectivity index (χ3v) is 4.72. The van der Waals surface area contributed by atoms with E-state index in [1.165, 1.54) is 30.4 Å². The van der Waals surface area contributed by atoms with Crippen molar-refractivity contribution in [3.63, 3.8) is 0 Å². The standard InChI is InChI=1S/C20H25N/c1-3-21-20(17-10-8-15(2)9-11-17)19-13-12-16-6-4-5-7-18(16)14-19/h4-11,19-21H,3,12-14H2,1-2H3. The molecule has 0 saturated carbocycles. The highest BCUT2D eigenvalue weighted by atomic mass is 14.9. The van der Waals surface area contributed by atoms with Crippen molar-refractivity contribution in [2.24, 2.45) is 5.92 Å². The molecule has 3 rings (SSSR count). The second-order valence-corrected chi connectivity index (χ2v) is 6.22. The van der Waals surface area contributed by atoms with Crippen molar-refractivity contribution in [1.29, 1.82) is 0 Å². The molecule has 0 radical (unpaired) electrons. The Balaban J connectivity index is 1.83. The molecule has 0 heterocycles. The van der Waals surface area contributed by atoms with Gasteiger partial charge in [0, 0.05) is 6.04 Å². The van der Waals surface area contributed by atoms with E-state index in [0.717, 1.165) is 6.54 Å². The molecular weight excluding hydrogens is 254 g/mol. The third kappa shape index (κ3) is 3.19. The molecule has 0 aliphatic heterocycles. The molecule has 1 aliphatic carbocycles. The van der Waals surface area contributed by atoms with Gasteiger partial charge in [0.05, 0.1) is 0 Å². The molecular formula is C20H25N. The minimum atomic E-state index is 0.476. The summed E-state index contributed by atoms with van der Waals surface area (Å²) in [6, 6.07) is 18.5. The van der Waals surface area contributed by atoms with Gasteiger partial charge in [-0.3, -0.25) is 0 Å². The smallest absolute Gasteiger partial charge is 0.0351 e. The van der Waals surface area contributed by atoms with Gasteiger partial charge in [0.2, 0.25) is 0 Å². The van der Waals surface area contributed by atoms with Gasteiger partial charge in [-0.15, -0.1) is 0 Å². The average Bonchev–Trinajstić information content (AvgIpc) is 2.53. The maximum absolute atomic E-state index is 3.72. The van der Waals surface area contributed by atoms with E-state index in [4.69, 9.17) is 0 Å². The van der Waals surface area contributed by atoms with Crippen LogP contribution in [0.15, 0.2) is 48.5 Å². The number of nitrogens with one attached hydrogen (secondary N) is 1. The summed E-state index contributed by atoms with van der Waals surface area (Å²) in [5, 5.41) is 3.72. The van der Waals surface area contributed by atoms with E-state index < -0.39 is 0 Å². The quantitative estimate of drug-likeness (QED) is 0.872. The summed E-state index contributed by atoms with van der Waals surface area (Å²) >= 11 is 0. The van der Waals surface area contributed by atoms with Gasteiger partial charge in [0.1, 0.15) is 0 Å². The molecule has 0 amide bonds. The molecule has 0 fully saturated rings. The first kappa shape index (κ1) is 14.3. The topological polar surface area (TPSA) is 12.0 Å². The van der Waals surface area contributed by atoms with Crippen molar-refractivity contribution >= 4 is 0 Å². The fourth-order valence-electron chi connectivity index (χ4n) is 3.56. The Morgan fingerprint density at radius 3 is 2.48 bits per heavy atom. The summed E-state index contributed by atoms with van der Waals surface area (Å²) in [4.78, 5) is 0. The molecule has 0 spiro atoms. The van der Waals surface area contributed by atoms with Gasteiger partial charge in [-0.25, -0.2) is 0 Å². The highest BCUT2D eigenvalue weighted by Gasteiger charge is 2.26. The lowest BCUT2D eigenvalue weighted by Gasteiger charge is -2.32. The Bertz CT molecular complexity index is 585. The van der Waals surface area contributed by atoms with Crippen LogP contribution in [0.1, 0.15) is 41.6 Å². The predicted octanol–water partition coefficient (Wildman–Crippen LogP) is 4.45. The Labute approximate surface area is 128 Å². The molecule has 21 heavy (non-hydrogen) atoms. The fraction of sp³-hybridized carbons (Fsp3) is 0.400. The van der Waals surface area contributed by atoms with Crippen LogP contribution < -0.4 is 5.32 Å². The first-order valence-corrected chi connectivity index (χ1v) is 8.14. The van der Waals surface area contributed by atoms with Gasteiger partial charge < -0.3 is 5.32 Å². The van der Waals surface area contributed by atoms with Gasteiger partial charge >= 0.3 is 0 Å². The SMILES string of the molecule is CCNC(c1ccc(C)cc1)C1CCc2ccccc2C1. The van der Waals surface area contributed by atoms with Crippen LogP contribution >= 0.6 is 0 Å². The first-order valence-electron chi connectivity index (χ1n) is 8.14. The van der Waals surface area contributed by atoms with Crippen molar-refractivity contribution in [3.05, 3.63) is 70.8 Å². The van der Waals surface area contributed by atoms with Crippen molar-refractivity contribution in [2.75, 3.05) is 6.54 Å². The summed E-state index contributed by atoms with van der Waals surface area (Å²) in [6.45, 7) is 5.39. The normalized spacial score (nSPS) is 19.0. The van der Waals surface area contributed by atoms with Crippen LogP contribution in [0.4, 0.5) is 0 Å². The molecule has 2 aromatic rings. The van der Waals surface area contributed by atoms with Crippen LogP contribution in [-0.2, 0) is 12.8 Å². The molecule has 1 nitrogen and oxygen atoms in total. The van der Waals surface area contributed by atoms with Gasteiger partial charge in [-0.1, -0.05) is 61.0 Å². The third-order valence-electron chi connectivity index (χ3n) is 4.72. The van der Waals surface area contributed by atoms with Crippen LogP contribution in [0.3, 0.4) is 0 Å². The van der Waals surface area contributed by atoms with E-state index in [9.17, 15) is 0 Å². The Hall–Kier alpha value is -1.60. The minimum absolute atomic E-state index is 0.476. The Morgan fingerprint density at radius 1 is 1.05 bits per heavy atom. The molecule has 2 unspecified atom stereocenters. The largest absolute Gasteiger partial charge is 0.310 e. The maximum Gasteiger partial charge on any atom is 0.0351 e. The number of aryl methyl sites for hydroxylation is 2. The molecule has 2 atom stereocenters. The van der Waals surface area contributed by atoms with Crippen LogP contribution in [0, 0.1) is 12.8 Å². The van der Waals surface area contributed by atoms with Gasteiger partial charge in [0.15, 0.2) is 0 Å². The van der Waals surface area contributed by atoms with Gasteiger partial charge in [0.25, 0.3) is 0 Å². The summed E-state index contributed by atoms with van der Waals surface area (Å²) in [5.74, 6) is 0.697. The molecule has 0 bridgehead atoms. The zero-order valence-corrected chi connectivity index (χ0v) is 13.1. The predicted molar refractivity (Wildman–Crippen MR) is 89.6 cm³/mol. The summed E-state index contributed by atoms with van der Waals surface area (Å²) in [7, 11) is 0. The fourth-order valence-corrected chi connectivity index (χ4v) is 3.56. The Morgan fingerprint density at radius 2 is 1.76 bits per heavy atom. The molecule has 1 N–H and O–H groups in total. The van der Waals surface area contributed by atoms with Gasteiger partial charge in [-0.05, 0) is 55.3 Å². The van der Waals surface area contributed by atoms with Crippen LogP contribution in [0.2, 0.25) is 0 Å². The van der Waals surface area contributed by atoms with Crippen LogP contribution in [0.5, 0.6) is 0 Å². The van der Waals surface area contributed by atoms with E-state index in [2.05, 4.69) is 67.7 Å². The van der Waals surface area contributed by atoms with Crippen LogP contribution in [-0.4, -0.2) is 6.54 Å². The van der Waals surface area contributed by atoms with E-state index in [0.29, 0.717) is 12.0 Å². The van der Waals surface area contributed by atoms with Gasteiger partial charge in [-0.2, -0.15) is 0 Å². The van der Waals surface area contributed by atoms with E-state index in [1.807, 2.05) is 0 Å². The van der Waals surface area contributed by atoms with Crippen LogP contribution in [0.25, 0.3) is 0 Å². The van der Waals surface area contributed by atoms with Crippen molar-refractivity contribution < 1.29 is 0 Å². The van der Waals surface area contributed by atoms with Crippen molar-refractivity contribution in [2.45, 2.75) is 39.2 Å². The van der Waals surface area contributed by atoms with E-state index in [-0.39, 0.29) is 0 Å². The lowest BCUT2D eigenvalue weighted by molar-refractivity contribution is 0.330. The number of hydrogen-bond acceptors (Lipinski definition) is 1. The highest BCUT2D eigenvalue weighted by molar-refractivity contribution is 5.32. The van der Waals surface area contributed by atoms with E-state index in [1.54, 1.807) is 11.1 Å². The molecule has 1 aliphatic rings. The molecule has 110 valence electrons. The lowest BCUT2D eigenvalue weighted by Crippen LogP contribution is -2.31. The lowest BCUT2D eigenvalue weighted by atomic mass is 9.78. The second kappa shape index (κ2) is 6.44. The number of hydrogen-bond donors (Lipinski definition) is 1. The minimum Gasteiger partial charge on any atom is -0.310 e. The summed E-state index contributed by atoms with van der Waals surface area (Å²) in [6.07, 6.45) is 3.69. The number of benzene rings is 2. The second-order valence-electron chi connectivity index (χ2n) is 6.22. The summed E-state index contributed by atoms with van der Waals surface area (Å²) in [5.41, 5.74) is 5.87. The maximum atomic E-state index is 3.72. The Kier molecular flexibility index (Phi) is 4.40. The summed E-state index contributed by atoms with van der Waals surface area (Å²) < 4.78 is 0. The average molecular weight is 279 g/mol. The zero-order chi connectivity index (χ0) is 14.7. The monoisotopic (exact) mass is 279 g/mol. The number of rotatable bonds is 4.